The van der Waals surface area contributed by atoms with E-state index >= 15 is 0 Å². The summed E-state index contributed by atoms with van der Waals surface area (Å²) in [6.45, 7) is -1.26. The van der Waals surface area contributed by atoms with Crippen molar-refractivity contribution in [2.45, 2.75) is 24.4 Å². The molecule has 0 amide bonds. The molecule has 0 aromatic rings. The van der Waals surface area contributed by atoms with Gasteiger partial charge < -0.3 is 35.6 Å². The highest BCUT2D eigenvalue weighted by Crippen LogP contribution is 2.03. The van der Waals surface area contributed by atoms with Crippen LogP contribution in [0.25, 0.3) is 0 Å². The van der Waals surface area contributed by atoms with E-state index in [9.17, 15) is 15.0 Å². The SMILES string of the molecule is O=CC(NC(=S)CO)C(O)C(O)C(O)CO. The zero-order valence-electron chi connectivity index (χ0n) is 8.35. The van der Waals surface area contributed by atoms with E-state index in [-0.39, 0.29) is 11.3 Å². The van der Waals surface area contributed by atoms with Gasteiger partial charge in [0.05, 0.1) is 13.2 Å². The molecule has 4 atom stereocenters. The number of nitrogens with one attached hydrogen (secondary N) is 1. The van der Waals surface area contributed by atoms with Crippen molar-refractivity contribution in [2.24, 2.45) is 0 Å². The molecule has 16 heavy (non-hydrogen) atoms. The lowest BCUT2D eigenvalue weighted by atomic mass is 10.0. The zero-order valence-corrected chi connectivity index (χ0v) is 9.17. The van der Waals surface area contributed by atoms with Crippen molar-refractivity contribution in [2.75, 3.05) is 13.2 Å². The fraction of sp³-hybridized carbons (Fsp3) is 0.750. The van der Waals surface area contributed by atoms with E-state index in [1.54, 1.807) is 0 Å². The van der Waals surface area contributed by atoms with E-state index in [0.717, 1.165) is 0 Å². The third-order valence-electron chi connectivity index (χ3n) is 1.92. The van der Waals surface area contributed by atoms with E-state index in [4.69, 9.17) is 15.3 Å². The summed E-state index contributed by atoms with van der Waals surface area (Å²) in [5.41, 5.74) is 0. The maximum Gasteiger partial charge on any atom is 0.144 e. The fourth-order valence-corrected chi connectivity index (χ4v) is 1.12. The molecule has 0 saturated carbocycles. The van der Waals surface area contributed by atoms with Crippen molar-refractivity contribution in [1.82, 2.24) is 5.32 Å². The molecule has 4 unspecified atom stereocenters. The van der Waals surface area contributed by atoms with Gasteiger partial charge in [-0.05, 0) is 0 Å². The monoisotopic (exact) mass is 253 g/mol. The van der Waals surface area contributed by atoms with Gasteiger partial charge in [0.2, 0.25) is 0 Å². The molecule has 0 aliphatic carbocycles. The minimum Gasteiger partial charge on any atom is -0.394 e. The predicted octanol–water partition coefficient (Wildman–Crippen LogP) is -3.46. The number of rotatable bonds is 7. The molecule has 0 rings (SSSR count). The van der Waals surface area contributed by atoms with Crippen LogP contribution in [-0.4, -0.2) is 74.4 Å². The van der Waals surface area contributed by atoms with E-state index in [0.29, 0.717) is 0 Å². The molecule has 0 aromatic carbocycles. The maximum absolute atomic E-state index is 10.6. The molecule has 0 spiro atoms. The molecule has 7 nitrogen and oxygen atoms in total. The Labute approximate surface area is 97.3 Å². The minimum atomic E-state index is -1.70. The molecule has 94 valence electrons. The average Bonchev–Trinajstić information content (AvgIpc) is 2.32. The van der Waals surface area contributed by atoms with Crippen LogP contribution < -0.4 is 5.32 Å². The Balaban J connectivity index is 4.45. The second kappa shape index (κ2) is 7.60. The summed E-state index contributed by atoms with van der Waals surface area (Å²) in [7, 11) is 0. The van der Waals surface area contributed by atoms with Crippen LogP contribution in [0.3, 0.4) is 0 Å². The van der Waals surface area contributed by atoms with E-state index < -0.39 is 37.6 Å². The number of aldehydes is 1. The summed E-state index contributed by atoms with van der Waals surface area (Å²) in [4.78, 5) is 10.5. The van der Waals surface area contributed by atoms with Crippen molar-refractivity contribution >= 4 is 23.5 Å². The van der Waals surface area contributed by atoms with Gasteiger partial charge in [0.25, 0.3) is 0 Å². The number of aliphatic hydroxyl groups excluding tert-OH is 5. The van der Waals surface area contributed by atoms with Gasteiger partial charge in [-0.15, -0.1) is 0 Å². The maximum atomic E-state index is 10.6. The Morgan fingerprint density at radius 3 is 2.19 bits per heavy atom. The molecule has 0 saturated heterocycles. The highest BCUT2D eigenvalue weighted by Gasteiger charge is 2.31. The number of hydrogen-bond donors (Lipinski definition) is 6. The summed E-state index contributed by atoms with van der Waals surface area (Å²) >= 11 is 4.57. The summed E-state index contributed by atoms with van der Waals surface area (Å²) in [5, 5.41) is 47.3. The lowest BCUT2D eigenvalue weighted by Crippen LogP contribution is -2.53. The van der Waals surface area contributed by atoms with Gasteiger partial charge in [-0.25, -0.2) is 0 Å². The van der Waals surface area contributed by atoms with E-state index in [1.807, 2.05) is 0 Å². The summed E-state index contributed by atoms with van der Waals surface area (Å²) in [6, 6.07) is -1.27. The highest BCUT2D eigenvalue weighted by atomic mass is 32.1. The normalized spacial score (nSPS) is 18.3. The van der Waals surface area contributed by atoms with Crippen molar-refractivity contribution in [1.29, 1.82) is 0 Å². The Kier molecular flexibility index (Phi) is 7.30. The first kappa shape index (κ1) is 15.4. The zero-order chi connectivity index (χ0) is 12.7. The molecule has 6 N–H and O–H groups in total. The Hall–Kier alpha value is -0.640. The largest absolute Gasteiger partial charge is 0.394 e. The molecule has 0 fully saturated rings. The van der Waals surface area contributed by atoms with E-state index in [1.165, 1.54) is 0 Å². The molecule has 8 heteroatoms. The minimum absolute atomic E-state index is 0.0816. The second-order valence-electron chi connectivity index (χ2n) is 3.12. The van der Waals surface area contributed by atoms with Crippen molar-refractivity contribution in [3.8, 4) is 0 Å². The summed E-state index contributed by atoms with van der Waals surface area (Å²) in [5.74, 6) is 0. The van der Waals surface area contributed by atoms with Crippen molar-refractivity contribution in [3.05, 3.63) is 0 Å². The molecule has 0 aliphatic rings. The van der Waals surface area contributed by atoms with Gasteiger partial charge in [-0.2, -0.15) is 0 Å². The first-order valence-corrected chi connectivity index (χ1v) is 4.89. The number of aliphatic hydroxyl groups is 5. The number of thiocarbonyl (C=S) groups is 1. The van der Waals surface area contributed by atoms with Crippen LogP contribution >= 0.6 is 12.2 Å². The van der Waals surface area contributed by atoms with E-state index in [2.05, 4.69) is 17.5 Å². The van der Waals surface area contributed by atoms with Crippen LogP contribution in [-0.2, 0) is 4.79 Å². The van der Waals surface area contributed by atoms with Gasteiger partial charge >= 0.3 is 0 Å². The molecule has 0 aliphatic heterocycles. The first-order valence-electron chi connectivity index (χ1n) is 4.48. The smallest absolute Gasteiger partial charge is 0.144 e. The Bertz CT molecular complexity index is 239. The van der Waals surface area contributed by atoms with Gasteiger partial charge in [-0.3, -0.25) is 0 Å². The standard InChI is InChI=1S/C8H15NO6S/c10-1-4(9-6(16)3-12)7(14)8(15)5(13)2-11/h1,4-5,7-8,11-15H,2-3H2,(H,9,16). The molecule has 0 radical (unpaired) electrons. The van der Waals surface area contributed by atoms with Crippen molar-refractivity contribution < 1.29 is 30.3 Å². The van der Waals surface area contributed by atoms with Gasteiger partial charge in [0.15, 0.2) is 0 Å². The molecular formula is C8H15NO6S. The third-order valence-corrected chi connectivity index (χ3v) is 2.16. The Morgan fingerprint density at radius 1 is 1.25 bits per heavy atom. The molecule has 0 bridgehead atoms. The lowest BCUT2D eigenvalue weighted by Gasteiger charge is -2.26. The molecular weight excluding hydrogens is 238 g/mol. The third kappa shape index (κ3) is 4.47. The number of hydrogen-bond acceptors (Lipinski definition) is 7. The quantitative estimate of drug-likeness (QED) is 0.204. The average molecular weight is 253 g/mol. The molecule has 0 heterocycles. The van der Waals surface area contributed by atoms with Crippen LogP contribution in [0.1, 0.15) is 0 Å². The van der Waals surface area contributed by atoms with Crippen LogP contribution in [0, 0.1) is 0 Å². The summed E-state index contributed by atoms with van der Waals surface area (Å²) < 4.78 is 0. The summed E-state index contributed by atoms with van der Waals surface area (Å²) in [6.07, 6.45) is -4.64. The van der Waals surface area contributed by atoms with Crippen LogP contribution in [0.4, 0.5) is 0 Å². The van der Waals surface area contributed by atoms with Crippen molar-refractivity contribution in [3.63, 3.8) is 0 Å². The fourth-order valence-electron chi connectivity index (χ4n) is 0.979. The van der Waals surface area contributed by atoms with Gasteiger partial charge in [0, 0.05) is 0 Å². The Morgan fingerprint density at radius 2 is 1.81 bits per heavy atom. The van der Waals surface area contributed by atoms with Gasteiger partial charge in [0.1, 0.15) is 35.6 Å². The topological polar surface area (TPSA) is 130 Å². The second-order valence-corrected chi connectivity index (χ2v) is 3.61. The highest BCUT2D eigenvalue weighted by molar-refractivity contribution is 7.80. The van der Waals surface area contributed by atoms with Crippen LogP contribution in [0.15, 0.2) is 0 Å². The predicted molar refractivity (Wildman–Crippen MR) is 57.8 cm³/mol. The lowest BCUT2D eigenvalue weighted by molar-refractivity contribution is -0.119. The van der Waals surface area contributed by atoms with Crippen LogP contribution in [0.2, 0.25) is 0 Å². The molecule has 0 aromatic heterocycles. The van der Waals surface area contributed by atoms with Gasteiger partial charge in [-0.1, -0.05) is 12.2 Å². The number of carbonyl (C=O) groups is 1. The number of carbonyl (C=O) groups excluding carboxylic acids is 1. The van der Waals surface area contributed by atoms with Crippen LogP contribution in [0.5, 0.6) is 0 Å². The first-order chi connectivity index (χ1) is 7.47.